The predicted molar refractivity (Wildman–Crippen MR) is 57.9 cm³/mol. The molecule has 84 valence electrons. The number of carbonyl (C=O) groups excluding carboxylic acids is 1. The van der Waals surface area contributed by atoms with Crippen molar-refractivity contribution >= 4 is 5.91 Å². The second kappa shape index (κ2) is 5.50. The molecule has 0 spiro atoms. The first kappa shape index (κ1) is 11.7. The SMILES string of the molecule is CCc1nccn1C(C)CCC(=O)NN. The third-order valence-electron chi connectivity index (χ3n) is 2.49. The molecule has 0 saturated heterocycles. The number of hydrogen-bond acceptors (Lipinski definition) is 3. The van der Waals surface area contributed by atoms with Crippen molar-refractivity contribution < 1.29 is 4.79 Å². The van der Waals surface area contributed by atoms with E-state index in [0.29, 0.717) is 6.42 Å². The molecule has 0 aliphatic rings. The number of nitrogens with two attached hydrogens (primary N) is 1. The molecule has 0 bridgehead atoms. The zero-order valence-corrected chi connectivity index (χ0v) is 9.23. The van der Waals surface area contributed by atoms with E-state index in [9.17, 15) is 4.79 Å². The van der Waals surface area contributed by atoms with Gasteiger partial charge in [0.25, 0.3) is 0 Å². The normalized spacial score (nSPS) is 12.5. The molecule has 0 fully saturated rings. The molecular weight excluding hydrogens is 192 g/mol. The van der Waals surface area contributed by atoms with Gasteiger partial charge in [-0.15, -0.1) is 0 Å². The molecule has 1 aromatic rings. The first-order valence-electron chi connectivity index (χ1n) is 5.20. The second-order valence-electron chi connectivity index (χ2n) is 3.56. The van der Waals surface area contributed by atoms with Crippen LogP contribution in [0.4, 0.5) is 0 Å². The van der Waals surface area contributed by atoms with Gasteiger partial charge in [0.2, 0.25) is 5.91 Å². The lowest BCUT2D eigenvalue weighted by molar-refractivity contribution is -0.121. The topological polar surface area (TPSA) is 72.9 Å². The minimum absolute atomic E-state index is 0.125. The van der Waals surface area contributed by atoms with Crippen molar-refractivity contribution in [1.29, 1.82) is 0 Å². The number of imidazole rings is 1. The molecular formula is C10H18N4O. The molecule has 15 heavy (non-hydrogen) atoms. The maximum atomic E-state index is 11.0. The van der Waals surface area contributed by atoms with Crippen LogP contribution in [0.25, 0.3) is 0 Å². The highest BCUT2D eigenvalue weighted by Gasteiger charge is 2.10. The van der Waals surface area contributed by atoms with E-state index in [1.165, 1.54) is 0 Å². The van der Waals surface area contributed by atoms with Crippen LogP contribution < -0.4 is 11.3 Å². The Kier molecular flexibility index (Phi) is 4.30. The van der Waals surface area contributed by atoms with Crippen molar-refractivity contribution in [2.45, 2.75) is 39.2 Å². The molecule has 1 unspecified atom stereocenters. The Hall–Kier alpha value is -1.36. The number of nitrogens with zero attached hydrogens (tertiary/aromatic N) is 2. The van der Waals surface area contributed by atoms with Gasteiger partial charge in [-0.2, -0.15) is 0 Å². The number of rotatable bonds is 5. The Balaban J connectivity index is 2.53. The summed E-state index contributed by atoms with van der Waals surface area (Å²) in [6.45, 7) is 4.14. The number of nitrogens with one attached hydrogen (secondary N) is 1. The molecule has 0 saturated carbocycles. The van der Waals surface area contributed by atoms with Gasteiger partial charge >= 0.3 is 0 Å². The molecule has 1 amide bonds. The van der Waals surface area contributed by atoms with Gasteiger partial charge < -0.3 is 4.57 Å². The molecule has 5 heteroatoms. The van der Waals surface area contributed by atoms with Crippen LogP contribution in [0.15, 0.2) is 12.4 Å². The zero-order chi connectivity index (χ0) is 11.3. The number of carbonyl (C=O) groups is 1. The van der Waals surface area contributed by atoms with Crippen LogP contribution in [0.5, 0.6) is 0 Å². The fourth-order valence-corrected chi connectivity index (χ4v) is 1.57. The van der Waals surface area contributed by atoms with Crippen molar-refractivity contribution in [3.05, 3.63) is 18.2 Å². The molecule has 0 aliphatic heterocycles. The summed E-state index contributed by atoms with van der Waals surface area (Å²) < 4.78 is 2.10. The fraction of sp³-hybridized carbons (Fsp3) is 0.600. The highest BCUT2D eigenvalue weighted by molar-refractivity contribution is 5.75. The Morgan fingerprint density at radius 1 is 1.73 bits per heavy atom. The smallest absolute Gasteiger partial charge is 0.233 e. The summed E-state index contributed by atoms with van der Waals surface area (Å²) in [4.78, 5) is 15.2. The van der Waals surface area contributed by atoms with Crippen LogP contribution in [-0.4, -0.2) is 15.5 Å². The molecule has 3 N–H and O–H groups in total. The van der Waals surface area contributed by atoms with Crippen molar-refractivity contribution in [1.82, 2.24) is 15.0 Å². The standard InChI is InChI=1S/C10H18N4O/c1-3-9-12-6-7-14(9)8(2)4-5-10(15)13-11/h6-8H,3-5,11H2,1-2H3,(H,13,15). The van der Waals surface area contributed by atoms with Crippen LogP contribution in [-0.2, 0) is 11.2 Å². The summed E-state index contributed by atoms with van der Waals surface area (Å²) in [6, 6.07) is 0.278. The third kappa shape index (κ3) is 3.06. The van der Waals surface area contributed by atoms with E-state index in [1.807, 2.05) is 6.20 Å². The van der Waals surface area contributed by atoms with Crippen LogP contribution >= 0.6 is 0 Å². The average molecular weight is 210 g/mol. The predicted octanol–water partition coefficient (Wildman–Crippen LogP) is 0.777. The number of amides is 1. The lowest BCUT2D eigenvalue weighted by atomic mass is 10.1. The number of aryl methyl sites for hydroxylation is 1. The molecule has 1 heterocycles. The van der Waals surface area contributed by atoms with Gasteiger partial charge in [-0.25, -0.2) is 10.8 Å². The van der Waals surface area contributed by atoms with Gasteiger partial charge in [0.15, 0.2) is 0 Å². The third-order valence-corrected chi connectivity index (χ3v) is 2.49. The highest BCUT2D eigenvalue weighted by Crippen LogP contribution is 2.15. The minimum atomic E-state index is -0.125. The van der Waals surface area contributed by atoms with E-state index in [2.05, 4.69) is 28.8 Å². The monoisotopic (exact) mass is 210 g/mol. The van der Waals surface area contributed by atoms with E-state index in [1.54, 1.807) is 6.20 Å². The average Bonchev–Trinajstić information content (AvgIpc) is 2.73. The van der Waals surface area contributed by atoms with Gasteiger partial charge in [-0.3, -0.25) is 10.2 Å². The number of aromatic nitrogens is 2. The van der Waals surface area contributed by atoms with Crippen molar-refractivity contribution in [2.24, 2.45) is 5.84 Å². The zero-order valence-electron chi connectivity index (χ0n) is 9.23. The summed E-state index contributed by atoms with van der Waals surface area (Å²) in [7, 11) is 0. The molecule has 5 nitrogen and oxygen atoms in total. The summed E-state index contributed by atoms with van der Waals surface area (Å²) >= 11 is 0. The van der Waals surface area contributed by atoms with E-state index >= 15 is 0 Å². The number of hydrazine groups is 1. The molecule has 0 radical (unpaired) electrons. The quantitative estimate of drug-likeness (QED) is 0.428. The molecule has 1 aromatic heterocycles. The van der Waals surface area contributed by atoms with E-state index in [-0.39, 0.29) is 11.9 Å². The molecule has 1 rings (SSSR count). The maximum absolute atomic E-state index is 11.0. The van der Waals surface area contributed by atoms with Gasteiger partial charge in [-0.05, 0) is 13.3 Å². The lowest BCUT2D eigenvalue weighted by Gasteiger charge is -2.15. The van der Waals surface area contributed by atoms with Crippen molar-refractivity contribution in [3.8, 4) is 0 Å². The summed E-state index contributed by atoms with van der Waals surface area (Å²) in [5, 5.41) is 0. The first-order valence-corrected chi connectivity index (χ1v) is 5.20. The Morgan fingerprint density at radius 2 is 2.47 bits per heavy atom. The van der Waals surface area contributed by atoms with Gasteiger partial charge in [0.05, 0.1) is 0 Å². The molecule has 1 atom stereocenters. The van der Waals surface area contributed by atoms with Gasteiger partial charge in [0.1, 0.15) is 5.82 Å². The second-order valence-corrected chi connectivity index (χ2v) is 3.56. The Bertz CT molecular complexity index is 321. The van der Waals surface area contributed by atoms with Crippen LogP contribution in [0.3, 0.4) is 0 Å². The van der Waals surface area contributed by atoms with Crippen LogP contribution in [0.2, 0.25) is 0 Å². The summed E-state index contributed by atoms with van der Waals surface area (Å²) in [5.41, 5.74) is 2.13. The number of hydrogen-bond donors (Lipinski definition) is 2. The fourth-order valence-electron chi connectivity index (χ4n) is 1.57. The Labute approximate surface area is 89.6 Å². The lowest BCUT2D eigenvalue weighted by Crippen LogP contribution is -2.30. The van der Waals surface area contributed by atoms with Gasteiger partial charge in [0, 0.05) is 31.3 Å². The van der Waals surface area contributed by atoms with Crippen LogP contribution in [0.1, 0.15) is 38.6 Å². The van der Waals surface area contributed by atoms with Crippen LogP contribution in [0, 0.1) is 0 Å². The molecule has 0 aromatic carbocycles. The van der Waals surface area contributed by atoms with E-state index in [0.717, 1.165) is 18.7 Å². The van der Waals surface area contributed by atoms with Crippen molar-refractivity contribution in [3.63, 3.8) is 0 Å². The van der Waals surface area contributed by atoms with Gasteiger partial charge in [-0.1, -0.05) is 6.92 Å². The largest absolute Gasteiger partial charge is 0.332 e. The molecule has 0 aliphatic carbocycles. The maximum Gasteiger partial charge on any atom is 0.233 e. The first-order chi connectivity index (χ1) is 7.19. The van der Waals surface area contributed by atoms with E-state index in [4.69, 9.17) is 5.84 Å². The summed E-state index contributed by atoms with van der Waals surface area (Å²) in [5.74, 6) is 5.94. The Morgan fingerprint density at radius 3 is 3.07 bits per heavy atom. The summed E-state index contributed by atoms with van der Waals surface area (Å²) in [6.07, 6.45) is 5.86. The van der Waals surface area contributed by atoms with E-state index < -0.39 is 0 Å². The van der Waals surface area contributed by atoms with Crippen molar-refractivity contribution in [2.75, 3.05) is 0 Å². The minimum Gasteiger partial charge on any atom is -0.332 e. The highest BCUT2D eigenvalue weighted by atomic mass is 16.2.